The van der Waals surface area contributed by atoms with Gasteiger partial charge in [-0.05, 0) is 49.2 Å². The molecule has 0 amide bonds. The highest BCUT2D eigenvalue weighted by molar-refractivity contribution is 7.92. The largest absolute Gasteiger partial charge is 0.370 e. The lowest BCUT2D eigenvalue weighted by Crippen LogP contribution is -2.34. The van der Waals surface area contributed by atoms with Gasteiger partial charge in [-0.2, -0.15) is 0 Å². The van der Waals surface area contributed by atoms with Gasteiger partial charge in [0.15, 0.2) is 0 Å². The topological polar surface area (TPSA) is 86.8 Å². The number of para-hydroxylation sites is 2. The molecule has 9 heteroatoms. The number of rotatable bonds is 7. The Morgan fingerprint density at radius 3 is 2.10 bits per heavy atom. The van der Waals surface area contributed by atoms with Gasteiger partial charge in [0.1, 0.15) is 0 Å². The molecule has 2 aromatic rings. The first-order chi connectivity index (χ1) is 15.3. The van der Waals surface area contributed by atoms with E-state index in [1.165, 1.54) is 49.3 Å². The minimum absolute atomic E-state index is 0.0299. The van der Waals surface area contributed by atoms with Crippen molar-refractivity contribution in [3.8, 4) is 0 Å². The molecule has 1 saturated carbocycles. The van der Waals surface area contributed by atoms with Crippen molar-refractivity contribution in [2.24, 2.45) is 0 Å². The zero-order chi connectivity index (χ0) is 24.4. The minimum atomic E-state index is -4.10. The van der Waals surface area contributed by atoms with Gasteiger partial charge in [-0.3, -0.25) is 4.72 Å². The van der Waals surface area contributed by atoms with Gasteiger partial charge in [-0.25, -0.2) is 21.1 Å². The van der Waals surface area contributed by atoms with Crippen molar-refractivity contribution in [2.75, 3.05) is 30.7 Å². The van der Waals surface area contributed by atoms with Crippen molar-refractivity contribution in [2.45, 2.75) is 47.9 Å². The maximum atomic E-state index is 13.1. The molecule has 1 aliphatic carbocycles. The lowest BCUT2D eigenvalue weighted by Gasteiger charge is -2.34. The smallest absolute Gasteiger partial charge is 0.261 e. The van der Waals surface area contributed by atoms with Crippen LogP contribution in [0.25, 0.3) is 0 Å². The Labute approximate surface area is 184 Å². The van der Waals surface area contributed by atoms with E-state index in [-0.39, 0.29) is 21.5 Å². The van der Waals surface area contributed by atoms with Gasteiger partial charge in [-0.1, -0.05) is 31.4 Å². The summed E-state index contributed by atoms with van der Waals surface area (Å²) in [6.07, 6.45) is 4.35. The van der Waals surface area contributed by atoms with Crippen LogP contribution < -0.4 is 9.62 Å². The number of sulfonamides is 2. The van der Waals surface area contributed by atoms with Crippen LogP contribution in [-0.4, -0.2) is 48.3 Å². The summed E-state index contributed by atoms with van der Waals surface area (Å²) >= 11 is 0. The molecule has 164 valence electrons. The van der Waals surface area contributed by atoms with Crippen LogP contribution in [0.15, 0.2) is 58.3 Å². The number of benzene rings is 2. The highest BCUT2D eigenvalue weighted by Gasteiger charge is 2.23. The molecule has 0 saturated heterocycles. The predicted molar refractivity (Wildman–Crippen MR) is 120 cm³/mol. The first-order valence-electron chi connectivity index (χ1n) is 11.3. The highest BCUT2D eigenvalue weighted by atomic mass is 32.2. The van der Waals surface area contributed by atoms with Crippen molar-refractivity contribution in [3.63, 3.8) is 0 Å². The second kappa shape index (κ2) is 8.95. The summed E-state index contributed by atoms with van der Waals surface area (Å²) < 4.78 is 78.4. The lowest BCUT2D eigenvalue weighted by atomic mass is 9.94. The monoisotopic (exact) mass is 454 g/mol. The zero-order valence-corrected chi connectivity index (χ0v) is 18.7. The standard InChI is InChI=1S/C21H29N3O4S2/c1-23(2)30(27,28)19-15-13-18(14-16-19)29(25,26)22-20-11-7-8-12-21(20)24(3)17-9-5-4-6-10-17/h7-8,11-17,22H,4-6,9-10H2,1-3H3/i3D3. The molecule has 0 aliphatic heterocycles. The molecule has 0 heterocycles. The summed E-state index contributed by atoms with van der Waals surface area (Å²) in [4.78, 5) is 1.18. The SMILES string of the molecule is [2H]C([2H])([2H])N(c1ccccc1NS(=O)(=O)c1ccc(S(=O)(=O)N(C)C)cc1)C1CCCCC1. The van der Waals surface area contributed by atoms with Gasteiger partial charge in [0, 0.05) is 31.2 Å². The van der Waals surface area contributed by atoms with Crippen molar-refractivity contribution in [3.05, 3.63) is 48.5 Å². The van der Waals surface area contributed by atoms with Gasteiger partial charge < -0.3 is 4.90 Å². The molecule has 1 aliphatic rings. The van der Waals surface area contributed by atoms with Gasteiger partial charge in [0.2, 0.25) is 10.0 Å². The normalized spacial score (nSPS) is 17.8. The van der Waals surface area contributed by atoms with Gasteiger partial charge in [0.05, 0.1) is 21.2 Å². The van der Waals surface area contributed by atoms with Crippen molar-refractivity contribution >= 4 is 31.4 Å². The molecule has 7 nitrogen and oxygen atoms in total. The van der Waals surface area contributed by atoms with Crippen LogP contribution in [0.1, 0.15) is 36.2 Å². The van der Waals surface area contributed by atoms with Crippen LogP contribution in [0.2, 0.25) is 0 Å². The van der Waals surface area contributed by atoms with Crippen LogP contribution >= 0.6 is 0 Å². The van der Waals surface area contributed by atoms with Gasteiger partial charge >= 0.3 is 0 Å². The molecule has 0 unspecified atom stereocenters. The minimum Gasteiger partial charge on any atom is -0.370 e. The zero-order valence-electron chi connectivity index (χ0n) is 20.1. The molecule has 3 rings (SSSR count). The molecule has 0 spiro atoms. The molecule has 30 heavy (non-hydrogen) atoms. The first kappa shape index (κ1) is 18.7. The van der Waals surface area contributed by atoms with Crippen molar-refractivity contribution in [1.82, 2.24) is 4.31 Å². The van der Waals surface area contributed by atoms with Crippen molar-refractivity contribution < 1.29 is 20.9 Å². The molecular weight excluding hydrogens is 422 g/mol. The van der Waals surface area contributed by atoms with Crippen LogP contribution in [0.4, 0.5) is 11.4 Å². The molecule has 1 fully saturated rings. The molecule has 0 bridgehead atoms. The van der Waals surface area contributed by atoms with Crippen LogP contribution in [0.5, 0.6) is 0 Å². The van der Waals surface area contributed by atoms with Crippen LogP contribution in [-0.2, 0) is 20.0 Å². The second-order valence-electron chi connectivity index (χ2n) is 7.54. The summed E-state index contributed by atoms with van der Waals surface area (Å²) in [6.45, 7) is -2.44. The molecule has 2 aromatic carbocycles. The number of hydrogen-bond acceptors (Lipinski definition) is 5. The van der Waals surface area contributed by atoms with Crippen LogP contribution in [0.3, 0.4) is 0 Å². The van der Waals surface area contributed by atoms with E-state index in [2.05, 4.69) is 4.72 Å². The summed E-state index contributed by atoms with van der Waals surface area (Å²) in [7, 11) is -5.01. The first-order valence-corrected chi connectivity index (χ1v) is 12.7. The Hall–Kier alpha value is -2.10. The number of nitrogens with one attached hydrogen (secondary N) is 1. The van der Waals surface area contributed by atoms with E-state index in [1.807, 2.05) is 0 Å². The Morgan fingerprint density at radius 1 is 0.900 bits per heavy atom. The van der Waals surface area contributed by atoms with E-state index in [4.69, 9.17) is 4.11 Å². The summed E-state index contributed by atoms with van der Waals surface area (Å²) in [5.74, 6) is 0. The Morgan fingerprint density at radius 2 is 1.50 bits per heavy atom. The van der Waals surface area contributed by atoms with E-state index >= 15 is 0 Å². The average Bonchev–Trinajstić information content (AvgIpc) is 2.75. The third-order valence-corrected chi connectivity index (χ3v) is 8.47. The fourth-order valence-corrected chi connectivity index (χ4v) is 5.49. The molecule has 0 aromatic heterocycles. The maximum absolute atomic E-state index is 13.1. The van der Waals surface area contributed by atoms with E-state index in [0.29, 0.717) is 5.69 Å². The molecule has 0 radical (unpaired) electrons. The number of anilines is 2. The van der Waals surface area contributed by atoms with Crippen molar-refractivity contribution in [1.29, 1.82) is 0 Å². The maximum Gasteiger partial charge on any atom is 0.261 e. The lowest BCUT2D eigenvalue weighted by molar-refractivity contribution is 0.428. The Kier molecular flexibility index (Phi) is 5.56. The van der Waals surface area contributed by atoms with E-state index in [9.17, 15) is 16.8 Å². The molecule has 0 atom stereocenters. The summed E-state index contributed by atoms with van der Waals surface area (Å²) in [5, 5.41) is 0. The number of nitrogens with zero attached hydrogens (tertiary/aromatic N) is 2. The Balaban J connectivity index is 1.95. The summed E-state index contributed by atoms with van der Waals surface area (Å²) in [6, 6.07) is 11.1. The number of hydrogen-bond donors (Lipinski definition) is 1. The molecular formula is C21H29N3O4S2. The second-order valence-corrected chi connectivity index (χ2v) is 11.4. The predicted octanol–water partition coefficient (Wildman–Crippen LogP) is 3.51. The van der Waals surface area contributed by atoms with Gasteiger partial charge in [0.25, 0.3) is 10.0 Å². The third-order valence-electron chi connectivity index (χ3n) is 5.26. The Bertz CT molecular complexity index is 1180. The molecule has 1 N–H and O–H groups in total. The quantitative estimate of drug-likeness (QED) is 0.692. The highest BCUT2D eigenvalue weighted by Crippen LogP contribution is 2.32. The van der Waals surface area contributed by atoms with Gasteiger partial charge in [-0.15, -0.1) is 0 Å². The van der Waals surface area contributed by atoms with E-state index in [1.54, 1.807) is 18.2 Å². The summed E-state index contributed by atoms with van der Waals surface area (Å²) in [5.41, 5.74) is 0.448. The fraction of sp³-hybridized carbons (Fsp3) is 0.429. The van der Waals surface area contributed by atoms with E-state index < -0.39 is 27.0 Å². The van der Waals surface area contributed by atoms with E-state index in [0.717, 1.165) is 36.4 Å². The average molecular weight is 455 g/mol. The fourth-order valence-electron chi connectivity index (χ4n) is 3.51. The van der Waals surface area contributed by atoms with Crippen LogP contribution in [0, 0.1) is 0 Å². The third kappa shape index (κ3) is 4.79.